The largest absolute Gasteiger partial charge is 0.441 e. The molecule has 4 rings (SSSR count). The number of oxazole rings is 1. The van der Waals surface area contributed by atoms with Crippen molar-refractivity contribution in [3.05, 3.63) is 41.8 Å². The highest BCUT2D eigenvalue weighted by Gasteiger charge is 2.40. The lowest BCUT2D eigenvalue weighted by atomic mass is 10.2. The van der Waals surface area contributed by atoms with Crippen LogP contribution in [0.25, 0.3) is 11.5 Å². The van der Waals surface area contributed by atoms with Crippen LogP contribution in [0.15, 0.2) is 34.7 Å². The predicted molar refractivity (Wildman–Crippen MR) is 96.6 cm³/mol. The molecule has 0 spiro atoms. The second-order valence-corrected chi connectivity index (χ2v) is 8.59. The summed E-state index contributed by atoms with van der Waals surface area (Å²) in [5.74, 6) is 1.33. The number of nitrogens with zero attached hydrogens (tertiary/aromatic N) is 3. The Kier molecular flexibility index (Phi) is 4.83. The predicted octanol–water partition coefficient (Wildman–Crippen LogP) is 2.06. The molecule has 7 nitrogen and oxygen atoms in total. The Balaban J connectivity index is 1.55. The van der Waals surface area contributed by atoms with Crippen LogP contribution in [0.2, 0.25) is 0 Å². The molecule has 3 heterocycles. The van der Waals surface area contributed by atoms with Gasteiger partial charge in [-0.1, -0.05) is 18.2 Å². The molecule has 26 heavy (non-hydrogen) atoms. The van der Waals surface area contributed by atoms with Crippen LogP contribution < -0.4 is 0 Å². The summed E-state index contributed by atoms with van der Waals surface area (Å²) >= 11 is 0. The molecule has 1 aromatic carbocycles. The fourth-order valence-corrected chi connectivity index (χ4v) is 5.50. The van der Waals surface area contributed by atoms with E-state index in [0.717, 1.165) is 24.2 Å². The topological polar surface area (TPSA) is 75.9 Å². The summed E-state index contributed by atoms with van der Waals surface area (Å²) in [5, 5.41) is 0. The lowest BCUT2D eigenvalue weighted by Crippen LogP contribution is -2.48. The first-order valence-electron chi connectivity index (χ1n) is 8.89. The summed E-state index contributed by atoms with van der Waals surface area (Å²) in [6, 6.07) is 9.59. The van der Waals surface area contributed by atoms with Gasteiger partial charge in [-0.15, -0.1) is 0 Å². The zero-order valence-electron chi connectivity index (χ0n) is 14.8. The molecule has 1 saturated heterocycles. The van der Waals surface area contributed by atoms with Gasteiger partial charge in [0.25, 0.3) is 10.2 Å². The summed E-state index contributed by atoms with van der Waals surface area (Å²) in [6.07, 6.45) is 2.25. The molecule has 1 atom stereocenters. The van der Waals surface area contributed by atoms with E-state index in [4.69, 9.17) is 9.15 Å². The van der Waals surface area contributed by atoms with E-state index < -0.39 is 10.2 Å². The van der Waals surface area contributed by atoms with Gasteiger partial charge in [0.15, 0.2) is 0 Å². The standard InChI is InChI=1S/C18H23N3O4S/c1-24-13-15-8-5-10-21(15)26(22,23)20-11-9-17-16(12-20)19-18(25-17)14-6-3-2-4-7-14/h2-4,6-7,15H,5,8-13H2,1H3. The van der Waals surface area contributed by atoms with Gasteiger partial charge in [0, 0.05) is 38.2 Å². The van der Waals surface area contributed by atoms with E-state index in [9.17, 15) is 8.42 Å². The number of fused-ring (bicyclic) bond motifs is 1. The van der Waals surface area contributed by atoms with Crippen molar-refractivity contribution in [1.29, 1.82) is 0 Å². The molecule has 2 aliphatic rings. The van der Waals surface area contributed by atoms with Crippen LogP contribution in [0.4, 0.5) is 0 Å². The average molecular weight is 377 g/mol. The number of benzene rings is 1. The van der Waals surface area contributed by atoms with Crippen LogP contribution in [-0.4, -0.2) is 54.9 Å². The highest BCUT2D eigenvalue weighted by Crippen LogP contribution is 2.30. The fourth-order valence-electron chi connectivity index (χ4n) is 3.70. The molecule has 0 N–H and O–H groups in total. The monoisotopic (exact) mass is 377 g/mol. The SMILES string of the molecule is COCC1CCCN1S(=O)(=O)N1CCc2oc(-c3ccccc3)nc2C1. The van der Waals surface area contributed by atoms with Crippen molar-refractivity contribution in [3.8, 4) is 11.5 Å². The van der Waals surface area contributed by atoms with Crippen molar-refractivity contribution in [2.45, 2.75) is 31.8 Å². The van der Waals surface area contributed by atoms with E-state index in [-0.39, 0.29) is 12.6 Å². The second-order valence-electron chi connectivity index (χ2n) is 6.71. The number of hydrogen-bond donors (Lipinski definition) is 0. The van der Waals surface area contributed by atoms with Gasteiger partial charge in [0.05, 0.1) is 18.8 Å². The average Bonchev–Trinajstić information content (AvgIpc) is 3.29. The first-order chi connectivity index (χ1) is 12.6. The minimum absolute atomic E-state index is 0.0800. The molecule has 0 bridgehead atoms. The Morgan fingerprint density at radius 3 is 2.85 bits per heavy atom. The maximum atomic E-state index is 13.1. The van der Waals surface area contributed by atoms with Gasteiger partial charge in [-0.25, -0.2) is 4.98 Å². The third kappa shape index (κ3) is 3.18. The van der Waals surface area contributed by atoms with Gasteiger partial charge in [0.2, 0.25) is 5.89 Å². The molecular formula is C18H23N3O4S. The smallest absolute Gasteiger partial charge is 0.282 e. The first kappa shape index (κ1) is 17.7. The van der Waals surface area contributed by atoms with Gasteiger partial charge >= 0.3 is 0 Å². The fraction of sp³-hybridized carbons (Fsp3) is 0.500. The van der Waals surface area contributed by atoms with Crippen LogP contribution in [0.1, 0.15) is 24.3 Å². The first-order valence-corrected chi connectivity index (χ1v) is 10.3. The Morgan fingerprint density at radius 1 is 1.27 bits per heavy atom. The van der Waals surface area contributed by atoms with Crippen molar-refractivity contribution in [2.75, 3.05) is 26.8 Å². The number of rotatable bonds is 5. The van der Waals surface area contributed by atoms with Crippen LogP contribution >= 0.6 is 0 Å². The Hall–Kier alpha value is -1.74. The maximum absolute atomic E-state index is 13.1. The van der Waals surface area contributed by atoms with Gasteiger partial charge < -0.3 is 9.15 Å². The third-order valence-electron chi connectivity index (χ3n) is 5.02. The molecule has 2 aliphatic heterocycles. The van der Waals surface area contributed by atoms with Crippen LogP contribution in [0.5, 0.6) is 0 Å². The summed E-state index contributed by atoms with van der Waals surface area (Å²) in [6.45, 7) is 1.65. The quantitative estimate of drug-likeness (QED) is 0.797. The van der Waals surface area contributed by atoms with Crippen molar-refractivity contribution in [1.82, 2.24) is 13.6 Å². The second kappa shape index (κ2) is 7.11. The summed E-state index contributed by atoms with van der Waals surface area (Å²) in [7, 11) is -1.92. The van der Waals surface area contributed by atoms with E-state index in [1.54, 1.807) is 11.4 Å². The number of ether oxygens (including phenoxy) is 1. The van der Waals surface area contributed by atoms with Gasteiger partial charge in [-0.05, 0) is 25.0 Å². The third-order valence-corrected chi connectivity index (χ3v) is 7.06. The number of methoxy groups -OCH3 is 1. The van der Waals surface area contributed by atoms with Gasteiger partial charge in [0.1, 0.15) is 5.76 Å². The maximum Gasteiger partial charge on any atom is 0.282 e. The summed E-state index contributed by atoms with van der Waals surface area (Å²) in [5.41, 5.74) is 1.61. The van der Waals surface area contributed by atoms with Crippen molar-refractivity contribution >= 4 is 10.2 Å². The molecule has 1 aromatic heterocycles. The lowest BCUT2D eigenvalue weighted by Gasteiger charge is -2.32. The molecule has 0 amide bonds. The van der Waals surface area contributed by atoms with Crippen molar-refractivity contribution in [3.63, 3.8) is 0 Å². The minimum Gasteiger partial charge on any atom is -0.441 e. The number of aromatic nitrogens is 1. The highest BCUT2D eigenvalue weighted by molar-refractivity contribution is 7.86. The van der Waals surface area contributed by atoms with Crippen molar-refractivity contribution in [2.24, 2.45) is 0 Å². The molecule has 1 unspecified atom stereocenters. The molecule has 0 radical (unpaired) electrons. The molecule has 8 heteroatoms. The zero-order valence-corrected chi connectivity index (χ0v) is 15.6. The molecule has 1 fully saturated rings. The molecule has 2 aromatic rings. The molecule has 140 valence electrons. The van der Waals surface area contributed by atoms with Gasteiger partial charge in [-0.3, -0.25) is 0 Å². The molecule has 0 aliphatic carbocycles. The van der Waals surface area contributed by atoms with E-state index in [1.165, 1.54) is 4.31 Å². The minimum atomic E-state index is -3.53. The van der Waals surface area contributed by atoms with Crippen LogP contribution in [0.3, 0.4) is 0 Å². The Morgan fingerprint density at radius 2 is 2.08 bits per heavy atom. The summed E-state index contributed by atoms with van der Waals surface area (Å²) in [4.78, 5) is 4.55. The Bertz CT molecular complexity index is 866. The molecular weight excluding hydrogens is 354 g/mol. The van der Waals surface area contributed by atoms with Crippen LogP contribution in [-0.2, 0) is 27.9 Å². The normalized spacial score (nSPS) is 21.8. The van der Waals surface area contributed by atoms with Crippen LogP contribution in [0, 0.1) is 0 Å². The molecule has 0 saturated carbocycles. The zero-order chi connectivity index (χ0) is 18.1. The van der Waals surface area contributed by atoms with E-state index in [0.29, 0.717) is 37.7 Å². The Labute approximate surface area is 153 Å². The van der Waals surface area contributed by atoms with E-state index in [2.05, 4.69) is 4.98 Å². The highest BCUT2D eigenvalue weighted by atomic mass is 32.2. The summed E-state index contributed by atoms with van der Waals surface area (Å²) < 4.78 is 40.4. The lowest BCUT2D eigenvalue weighted by molar-refractivity contribution is 0.145. The van der Waals surface area contributed by atoms with Crippen molar-refractivity contribution < 1.29 is 17.6 Å². The van der Waals surface area contributed by atoms with E-state index >= 15 is 0 Å². The number of hydrogen-bond acceptors (Lipinski definition) is 5. The van der Waals surface area contributed by atoms with E-state index in [1.807, 2.05) is 30.3 Å². The van der Waals surface area contributed by atoms with Gasteiger partial charge in [-0.2, -0.15) is 17.0 Å².